The molecule has 1 unspecified atom stereocenters. The summed E-state index contributed by atoms with van der Waals surface area (Å²) in [5.74, 6) is 0. The first-order chi connectivity index (χ1) is 6.84. The molecule has 0 saturated carbocycles. The van der Waals surface area contributed by atoms with Gasteiger partial charge in [0, 0.05) is 6.61 Å². The molecule has 0 radical (unpaired) electrons. The van der Waals surface area contributed by atoms with Crippen LogP contribution in [0.25, 0.3) is 0 Å². The second-order valence-corrected chi connectivity index (χ2v) is 3.45. The molecule has 0 aliphatic carbocycles. The lowest BCUT2D eigenvalue weighted by Gasteiger charge is -2.11. The number of rotatable bonds is 6. The van der Waals surface area contributed by atoms with Crippen LogP contribution in [0.2, 0.25) is 0 Å². The van der Waals surface area contributed by atoms with Crippen LogP contribution >= 0.6 is 0 Å². The molecule has 2 nitrogen and oxygen atoms in total. The molecule has 0 aliphatic rings. The van der Waals surface area contributed by atoms with Gasteiger partial charge in [0.1, 0.15) is 0 Å². The van der Waals surface area contributed by atoms with Crippen molar-refractivity contribution < 1.29 is 4.74 Å². The molecule has 0 aromatic heterocycles. The molecule has 0 fully saturated rings. The van der Waals surface area contributed by atoms with Crippen molar-refractivity contribution in [2.24, 2.45) is 5.73 Å². The Balaban J connectivity index is 2.25. The topological polar surface area (TPSA) is 35.2 Å². The molecule has 14 heavy (non-hydrogen) atoms. The maximum atomic E-state index is 5.95. The molecule has 2 N–H and O–H groups in total. The third-order valence-corrected chi connectivity index (χ3v) is 2.17. The summed E-state index contributed by atoms with van der Waals surface area (Å²) < 4.78 is 5.47. The predicted molar refractivity (Wildman–Crippen MR) is 59.1 cm³/mol. The predicted octanol–water partition coefficient (Wildman–Crippen LogP) is 2.50. The Labute approximate surface area is 86.1 Å². The lowest BCUT2D eigenvalue weighted by atomic mass is 10.1. The smallest absolute Gasteiger partial charge is 0.0659 e. The van der Waals surface area contributed by atoms with Gasteiger partial charge < -0.3 is 10.5 Å². The maximum Gasteiger partial charge on any atom is 0.0659 e. The summed E-state index contributed by atoms with van der Waals surface area (Å²) in [5.41, 5.74) is 7.09. The van der Waals surface area contributed by atoms with Gasteiger partial charge in [-0.2, -0.15) is 0 Å². The van der Waals surface area contributed by atoms with Crippen LogP contribution < -0.4 is 5.73 Å². The van der Waals surface area contributed by atoms with Crippen molar-refractivity contribution in [3.05, 3.63) is 35.9 Å². The number of benzene rings is 1. The number of ether oxygens (including phenoxy) is 1. The molecule has 1 aromatic carbocycles. The van der Waals surface area contributed by atoms with E-state index in [9.17, 15) is 0 Å². The Morgan fingerprint density at radius 1 is 1.29 bits per heavy atom. The van der Waals surface area contributed by atoms with Crippen molar-refractivity contribution >= 4 is 0 Å². The molecule has 0 aliphatic heterocycles. The van der Waals surface area contributed by atoms with Gasteiger partial charge in [-0.05, 0) is 12.0 Å². The highest BCUT2D eigenvalue weighted by molar-refractivity contribution is 5.18. The molecule has 0 saturated heterocycles. The minimum absolute atomic E-state index is 0.00746. The highest BCUT2D eigenvalue weighted by Gasteiger charge is 2.04. The fourth-order valence-corrected chi connectivity index (χ4v) is 1.25. The minimum Gasteiger partial charge on any atom is -0.379 e. The summed E-state index contributed by atoms with van der Waals surface area (Å²) in [4.78, 5) is 0. The molecule has 1 atom stereocenters. The second-order valence-electron chi connectivity index (χ2n) is 3.45. The van der Waals surface area contributed by atoms with Crippen LogP contribution in [-0.4, -0.2) is 13.2 Å². The fourth-order valence-electron chi connectivity index (χ4n) is 1.25. The van der Waals surface area contributed by atoms with E-state index in [1.54, 1.807) is 0 Å². The van der Waals surface area contributed by atoms with Crippen LogP contribution in [0.3, 0.4) is 0 Å². The Hall–Kier alpha value is -0.860. The standard InChI is InChI=1S/C12H19NO/c1-2-3-9-14-10-12(13)11-7-5-4-6-8-11/h4-8,12H,2-3,9-10,13H2,1H3. The Morgan fingerprint density at radius 2 is 2.00 bits per heavy atom. The van der Waals surface area contributed by atoms with E-state index in [1.165, 1.54) is 6.42 Å². The Bertz CT molecular complexity index is 235. The van der Waals surface area contributed by atoms with E-state index < -0.39 is 0 Å². The molecular weight excluding hydrogens is 174 g/mol. The van der Waals surface area contributed by atoms with Gasteiger partial charge in [-0.1, -0.05) is 43.7 Å². The van der Waals surface area contributed by atoms with E-state index in [0.717, 1.165) is 18.6 Å². The first-order valence-electron chi connectivity index (χ1n) is 5.23. The lowest BCUT2D eigenvalue weighted by molar-refractivity contribution is 0.118. The average molecular weight is 193 g/mol. The maximum absolute atomic E-state index is 5.95. The van der Waals surface area contributed by atoms with Crippen molar-refractivity contribution in [1.82, 2.24) is 0 Å². The van der Waals surface area contributed by atoms with Gasteiger partial charge in [-0.15, -0.1) is 0 Å². The van der Waals surface area contributed by atoms with Crippen molar-refractivity contribution in [3.8, 4) is 0 Å². The largest absolute Gasteiger partial charge is 0.379 e. The van der Waals surface area contributed by atoms with Crippen LogP contribution in [0, 0.1) is 0 Å². The Kier molecular flexibility index (Phi) is 5.27. The van der Waals surface area contributed by atoms with Crippen LogP contribution in [0.5, 0.6) is 0 Å². The van der Waals surface area contributed by atoms with E-state index >= 15 is 0 Å². The fraction of sp³-hybridized carbons (Fsp3) is 0.500. The van der Waals surface area contributed by atoms with Crippen molar-refractivity contribution in [3.63, 3.8) is 0 Å². The monoisotopic (exact) mass is 193 g/mol. The van der Waals surface area contributed by atoms with Gasteiger partial charge in [0.2, 0.25) is 0 Å². The van der Waals surface area contributed by atoms with Crippen LogP contribution in [0.4, 0.5) is 0 Å². The quantitative estimate of drug-likeness (QED) is 0.704. The van der Waals surface area contributed by atoms with Gasteiger partial charge in [0.05, 0.1) is 12.6 Å². The zero-order valence-corrected chi connectivity index (χ0v) is 8.78. The molecule has 0 spiro atoms. The lowest BCUT2D eigenvalue weighted by Crippen LogP contribution is -2.17. The third kappa shape index (κ3) is 3.90. The van der Waals surface area contributed by atoms with Crippen LogP contribution in [-0.2, 0) is 4.74 Å². The molecule has 0 amide bonds. The minimum atomic E-state index is 0.00746. The zero-order valence-electron chi connectivity index (χ0n) is 8.78. The second kappa shape index (κ2) is 6.57. The summed E-state index contributed by atoms with van der Waals surface area (Å²) in [6, 6.07) is 10.1. The average Bonchev–Trinajstić information content (AvgIpc) is 2.25. The number of unbranched alkanes of at least 4 members (excludes halogenated alkanes) is 1. The molecular formula is C12H19NO. The van der Waals surface area contributed by atoms with Gasteiger partial charge in [-0.25, -0.2) is 0 Å². The SMILES string of the molecule is CCCCOCC(N)c1ccccc1. The molecule has 1 aromatic rings. The summed E-state index contributed by atoms with van der Waals surface area (Å²) >= 11 is 0. The molecule has 78 valence electrons. The number of hydrogen-bond acceptors (Lipinski definition) is 2. The van der Waals surface area contributed by atoms with Crippen LogP contribution in [0.1, 0.15) is 31.4 Å². The zero-order chi connectivity index (χ0) is 10.2. The van der Waals surface area contributed by atoms with E-state index in [2.05, 4.69) is 6.92 Å². The van der Waals surface area contributed by atoms with Gasteiger partial charge in [-0.3, -0.25) is 0 Å². The summed E-state index contributed by atoms with van der Waals surface area (Å²) in [6.07, 6.45) is 2.28. The first kappa shape index (κ1) is 11.2. The van der Waals surface area contributed by atoms with Crippen molar-refractivity contribution in [2.75, 3.05) is 13.2 Å². The van der Waals surface area contributed by atoms with E-state index in [-0.39, 0.29) is 6.04 Å². The molecule has 1 rings (SSSR count). The Morgan fingerprint density at radius 3 is 2.64 bits per heavy atom. The van der Waals surface area contributed by atoms with E-state index in [1.807, 2.05) is 30.3 Å². The van der Waals surface area contributed by atoms with E-state index in [4.69, 9.17) is 10.5 Å². The highest BCUT2D eigenvalue weighted by Crippen LogP contribution is 2.09. The normalized spacial score (nSPS) is 12.7. The summed E-state index contributed by atoms with van der Waals surface area (Å²) in [6.45, 7) is 3.58. The summed E-state index contributed by atoms with van der Waals surface area (Å²) in [5, 5.41) is 0. The molecule has 2 heteroatoms. The van der Waals surface area contributed by atoms with Crippen molar-refractivity contribution in [1.29, 1.82) is 0 Å². The highest BCUT2D eigenvalue weighted by atomic mass is 16.5. The molecule has 0 heterocycles. The van der Waals surface area contributed by atoms with Crippen molar-refractivity contribution in [2.45, 2.75) is 25.8 Å². The molecule has 0 bridgehead atoms. The van der Waals surface area contributed by atoms with Crippen LogP contribution in [0.15, 0.2) is 30.3 Å². The number of nitrogens with two attached hydrogens (primary N) is 1. The van der Waals surface area contributed by atoms with Gasteiger partial charge in [0.25, 0.3) is 0 Å². The van der Waals surface area contributed by atoms with Gasteiger partial charge in [0.15, 0.2) is 0 Å². The number of hydrogen-bond donors (Lipinski definition) is 1. The summed E-state index contributed by atoms with van der Waals surface area (Å²) in [7, 11) is 0. The third-order valence-electron chi connectivity index (χ3n) is 2.17. The van der Waals surface area contributed by atoms with E-state index in [0.29, 0.717) is 6.61 Å². The first-order valence-corrected chi connectivity index (χ1v) is 5.23. The van der Waals surface area contributed by atoms with Gasteiger partial charge >= 0.3 is 0 Å².